The lowest BCUT2D eigenvalue weighted by atomic mass is 10.1. The van der Waals surface area contributed by atoms with E-state index in [0.717, 1.165) is 12.5 Å². The first kappa shape index (κ1) is 11.7. The van der Waals surface area contributed by atoms with E-state index in [2.05, 4.69) is 52.5 Å². The van der Waals surface area contributed by atoms with Crippen LogP contribution in [-0.4, -0.2) is 25.6 Å². The van der Waals surface area contributed by atoms with Crippen LogP contribution < -0.4 is 10.6 Å². The molecule has 2 rings (SSSR count). The van der Waals surface area contributed by atoms with Crippen molar-refractivity contribution in [2.75, 3.05) is 13.6 Å². The Balaban J connectivity index is 1.85. The third kappa shape index (κ3) is 3.09. The molecule has 0 bridgehead atoms. The second-order valence-corrected chi connectivity index (χ2v) is 4.25. The number of guanidine groups is 1. The van der Waals surface area contributed by atoms with Crippen LogP contribution in [0.15, 0.2) is 48.0 Å². The minimum absolute atomic E-state index is 0.508. The molecule has 0 amide bonds. The molecule has 2 atom stereocenters. The molecule has 0 aliphatic heterocycles. The fraction of sp³-hybridized carbons (Fsp3) is 0.357. The van der Waals surface area contributed by atoms with Gasteiger partial charge in [-0.15, -0.1) is 6.58 Å². The summed E-state index contributed by atoms with van der Waals surface area (Å²) in [5.41, 5.74) is 1.41. The normalized spacial score (nSPS) is 23.0. The molecule has 90 valence electrons. The molecule has 1 saturated carbocycles. The number of rotatable bonds is 4. The van der Waals surface area contributed by atoms with Gasteiger partial charge in [0.05, 0.1) is 0 Å². The van der Waals surface area contributed by atoms with Gasteiger partial charge in [-0.25, -0.2) is 0 Å². The summed E-state index contributed by atoms with van der Waals surface area (Å²) in [6.07, 6.45) is 3.01. The summed E-state index contributed by atoms with van der Waals surface area (Å²) in [6.45, 7) is 4.42. The zero-order chi connectivity index (χ0) is 12.1. The zero-order valence-electron chi connectivity index (χ0n) is 10.2. The minimum Gasteiger partial charge on any atom is -0.353 e. The molecule has 2 unspecified atom stereocenters. The lowest BCUT2D eigenvalue weighted by molar-refractivity contribution is 0.818. The van der Waals surface area contributed by atoms with Crippen LogP contribution in [0.3, 0.4) is 0 Å². The topological polar surface area (TPSA) is 36.4 Å². The third-order valence-electron chi connectivity index (χ3n) is 2.98. The van der Waals surface area contributed by atoms with E-state index >= 15 is 0 Å². The Bertz CT molecular complexity index is 397. The lowest BCUT2D eigenvalue weighted by Crippen LogP contribution is -2.38. The van der Waals surface area contributed by atoms with Crippen LogP contribution >= 0.6 is 0 Å². The van der Waals surface area contributed by atoms with Gasteiger partial charge in [0, 0.05) is 25.6 Å². The molecule has 0 aromatic heterocycles. The molecular weight excluding hydrogens is 210 g/mol. The molecule has 1 aromatic rings. The average molecular weight is 229 g/mol. The first-order valence-corrected chi connectivity index (χ1v) is 5.98. The molecule has 3 nitrogen and oxygen atoms in total. The van der Waals surface area contributed by atoms with Crippen LogP contribution in [0.4, 0.5) is 0 Å². The van der Waals surface area contributed by atoms with Gasteiger partial charge in [-0.3, -0.25) is 4.99 Å². The Morgan fingerprint density at radius 2 is 2.24 bits per heavy atom. The van der Waals surface area contributed by atoms with E-state index in [-0.39, 0.29) is 0 Å². The maximum atomic E-state index is 4.18. The van der Waals surface area contributed by atoms with E-state index in [1.54, 1.807) is 7.05 Å². The van der Waals surface area contributed by atoms with E-state index in [4.69, 9.17) is 0 Å². The number of aliphatic imine (C=N–C) groups is 1. The number of benzene rings is 1. The van der Waals surface area contributed by atoms with Crippen molar-refractivity contribution in [2.45, 2.75) is 18.4 Å². The van der Waals surface area contributed by atoms with E-state index in [1.165, 1.54) is 12.0 Å². The number of nitrogens with zero attached hydrogens (tertiary/aromatic N) is 1. The fourth-order valence-corrected chi connectivity index (χ4v) is 1.96. The molecule has 17 heavy (non-hydrogen) atoms. The lowest BCUT2D eigenvalue weighted by Gasteiger charge is -2.10. The molecule has 0 spiro atoms. The van der Waals surface area contributed by atoms with Crippen molar-refractivity contribution in [3.8, 4) is 0 Å². The van der Waals surface area contributed by atoms with Gasteiger partial charge >= 0.3 is 0 Å². The largest absolute Gasteiger partial charge is 0.353 e. The smallest absolute Gasteiger partial charge is 0.191 e. The molecular formula is C14H19N3. The van der Waals surface area contributed by atoms with Crippen molar-refractivity contribution in [1.82, 2.24) is 10.6 Å². The first-order valence-electron chi connectivity index (χ1n) is 5.98. The highest BCUT2D eigenvalue weighted by Gasteiger charge is 2.38. The van der Waals surface area contributed by atoms with E-state index in [9.17, 15) is 0 Å². The van der Waals surface area contributed by atoms with Crippen molar-refractivity contribution in [3.63, 3.8) is 0 Å². The number of hydrogen-bond donors (Lipinski definition) is 2. The summed E-state index contributed by atoms with van der Waals surface area (Å²) >= 11 is 0. The number of hydrogen-bond acceptors (Lipinski definition) is 1. The molecule has 3 heteroatoms. The highest BCUT2D eigenvalue weighted by Crippen LogP contribution is 2.40. The van der Waals surface area contributed by atoms with Crippen molar-refractivity contribution in [2.24, 2.45) is 4.99 Å². The Morgan fingerprint density at radius 3 is 2.88 bits per heavy atom. The predicted molar refractivity (Wildman–Crippen MR) is 72.3 cm³/mol. The molecule has 1 fully saturated rings. The van der Waals surface area contributed by atoms with Gasteiger partial charge in [0.15, 0.2) is 5.96 Å². The zero-order valence-corrected chi connectivity index (χ0v) is 10.2. The maximum absolute atomic E-state index is 4.18. The maximum Gasteiger partial charge on any atom is 0.191 e. The van der Waals surface area contributed by atoms with Crippen LogP contribution in [-0.2, 0) is 0 Å². The summed E-state index contributed by atoms with van der Waals surface area (Å²) in [5.74, 6) is 1.48. The summed E-state index contributed by atoms with van der Waals surface area (Å²) in [7, 11) is 1.79. The minimum atomic E-state index is 0.508. The molecule has 1 aromatic carbocycles. The van der Waals surface area contributed by atoms with Gasteiger partial charge in [-0.05, 0) is 12.0 Å². The molecule has 0 saturated heterocycles. The van der Waals surface area contributed by atoms with Crippen molar-refractivity contribution >= 4 is 5.96 Å². The fourth-order valence-electron chi connectivity index (χ4n) is 1.96. The summed E-state index contributed by atoms with van der Waals surface area (Å²) < 4.78 is 0. The molecule has 1 aliphatic carbocycles. The van der Waals surface area contributed by atoms with Gasteiger partial charge in [-0.2, -0.15) is 0 Å². The standard InChI is InChI=1S/C14H19N3/c1-3-9-16-14(15-2)17-13-10-12(13)11-7-5-4-6-8-11/h3-8,12-13H,1,9-10H2,2H3,(H2,15,16,17). The predicted octanol–water partition coefficient (Wildman–Crippen LogP) is 1.89. The molecule has 1 aliphatic rings. The quantitative estimate of drug-likeness (QED) is 0.470. The average Bonchev–Trinajstić information content (AvgIpc) is 3.15. The van der Waals surface area contributed by atoms with Crippen LogP contribution in [0.2, 0.25) is 0 Å². The Hall–Kier alpha value is -1.77. The van der Waals surface area contributed by atoms with E-state index < -0.39 is 0 Å². The second-order valence-electron chi connectivity index (χ2n) is 4.25. The van der Waals surface area contributed by atoms with Crippen LogP contribution in [0.25, 0.3) is 0 Å². The summed E-state index contributed by atoms with van der Waals surface area (Å²) in [4.78, 5) is 4.18. The molecule has 2 N–H and O–H groups in total. The monoisotopic (exact) mass is 229 g/mol. The van der Waals surface area contributed by atoms with Crippen LogP contribution in [0, 0.1) is 0 Å². The van der Waals surface area contributed by atoms with Crippen LogP contribution in [0.5, 0.6) is 0 Å². The van der Waals surface area contributed by atoms with Gasteiger partial charge in [-0.1, -0.05) is 36.4 Å². The Morgan fingerprint density at radius 1 is 1.47 bits per heavy atom. The van der Waals surface area contributed by atoms with Gasteiger partial charge < -0.3 is 10.6 Å². The van der Waals surface area contributed by atoms with E-state index in [1.807, 2.05) is 6.08 Å². The Kier molecular flexibility index (Phi) is 3.81. The van der Waals surface area contributed by atoms with Gasteiger partial charge in [0.1, 0.15) is 0 Å². The van der Waals surface area contributed by atoms with E-state index in [0.29, 0.717) is 12.0 Å². The first-order chi connectivity index (χ1) is 8.35. The van der Waals surface area contributed by atoms with Gasteiger partial charge in [0.25, 0.3) is 0 Å². The van der Waals surface area contributed by atoms with Gasteiger partial charge in [0.2, 0.25) is 0 Å². The van der Waals surface area contributed by atoms with Crippen molar-refractivity contribution in [1.29, 1.82) is 0 Å². The highest BCUT2D eigenvalue weighted by molar-refractivity contribution is 5.80. The van der Waals surface area contributed by atoms with Crippen molar-refractivity contribution in [3.05, 3.63) is 48.6 Å². The van der Waals surface area contributed by atoms with Crippen molar-refractivity contribution < 1.29 is 0 Å². The summed E-state index contributed by atoms with van der Waals surface area (Å²) in [5, 5.41) is 6.60. The van der Waals surface area contributed by atoms with Crippen LogP contribution in [0.1, 0.15) is 17.9 Å². The SMILES string of the molecule is C=CCNC(=NC)NC1CC1c1ccccc1. The molecule has 0 radical (unpaired) electrons. The Labute approximate surface area is 103 Å². The molecule has 0 heterocycles. The highest BCUT2D eigenvalue weighted by atomic mass is 15.2. The number of nitrogens with one attached hydrogen (secondary N) is 2. The second kappa shape index (κ2) is 5.53. The summed E-state index contributed by atoms with van der Waals surface area (Å²) in [6, 6.07) is 11.1. The third-order valence-corrected chi connectivity index (χ3v) is 2.98.